The normalized spacial score (nSPS) is 30.2. The zero-order valence-electron chi connectivity index (χ0n) is 20.5. The number of phenolic OH excluding ortho intramolecular Hbond substituents is 2. The van der Waals surface area contributed by atoms with Crippen LogP contribution in [0.3, 0.4) is 0 Å². The van der Waals surface area contributed by atoms with Crippen LogP contribution in [0.2, 0.25) is 0 Å². The molecule has 6 heteroatoms. The van der Waals surface area contributed by atoms with Crippen LogP contribution in [-0.4, -0.2) is 33.4 Å². The first-order valence-corrected chi connectivity index (χ1v) is 12.3. The predicted molar refractivity (Wildman–Crippen MR) is 131 cm³/mol. The Labute approximate surface area is 201 Å². The van der Waals surface area contributed by atoms with Gasteiger partial charge in [-0.05, 0) is 72.1 Å². The second kappa shape index (κ2) is 9.05. The van der Waals surface area contributed by atoms with Gasteiger partial charge >= 0.3 is 0 Å². The lowest BCUT2D eigenvalue weighted by Crippen LogP contribution is -2.57. The third-order valence-electron chi connectivity index (χ3n) is 8.71. The van der Waals surface area contributed by atoms with E-state index in [1.54, 1.807) is 24.5 Å². The number of nitrogens with zero attached hydrogens (tertiary/aromatic N) is 1. The summed E-state index contributed by atoms with van der Waals surface area (Å²) >= 11 is 0. The number of ketones is 1. The Balaban J connectivity index is 1.66. The Morgan fingerprint density at radius 1 is 1.09 bits per heavy atom. The number of Topliss-reactive ketones (excluding diaryl/α,β-unsaturated/α-hetero) is 1. The van der Waals surface area contributed by atoms with Crippen molar-refractivity contribution in [1.82, 2.24) is 10.3 Å². The number of carbonyl (C=O) groups is 2. The van der Waals surface area contributed by atoms with Crippen LogP contribution in [-0.2, 0) is 0 Å². The van der Waals surface area contributed by atoms with E-state index in [0.717, 1.165) is 25.7 Å². The zero-order chi connectivity index (χ0) is 24.7. The monoisotopic (exact) mass is 464 g/mol. The summed E-state index contributed by atoms with van der Waals surface area (Å²) in [6, 6.07) is 7.64. The molecule has 0 saturated heterocycles. The first-order valence-electron chi connectivity index (χ1n) is 12.3. The molecule has 2 aliphatic rings. The minimum absolute atomic E-state index is 0.0290. The van der Waals surface area contributed by atoms with Crippen molar-refractivity contribution in [2.45, 2.75) is 53.4 Å². The van der Waals surface area contributed by atoms with E-state index in [4.69, 9.17) is 0 Å². The number of pyridine rings is 1. The quantitative estimate of drug-likeness (QED) is 0.528. The molecule has 3 N–H and O–H groups in total. The minimum atomic E-state index is -0.271. The second-order valence-electron chi connectivity index (χ2n) is 11.3. The number of nitrogens with one attached hydrogen (secondary N) is 1. The van der Waals surface area contributed by atoms with E-state index in [9.17, 15) is 19.8 Å². The summed E-state index contributed by atoms with van der Waals surface area (Å²) in [5.41, 5.74) is 0.760. The average molecular weight is 465 g/mol. The Kier molecular flexibility index (Phi) is 6.45. The number of fused-ring (bicyclic) bond motifs is 1. The SMILES string of the molecule is CC1C(CNC(=O)c2cccnc2)CC2C(C)(C)CCCC2(C)C1C(=O)c1cc(O)cc(O)c1. The summed E-state index contributed by atoms with van der Waals surface area (Å²) < 4.78 is 0. The Morgan fingerprint density at radius 3 is 2.44 bits per heavy atom. The summed E-state index contributed by atoms with van der Waals surface area (Å²) in [5.74, 6) is -0.199. The van der Waals surface area contributed by atoms with Gasteiger partial charge in [0.25, 0.3) is 5.91 Å². The highest BCUT2D eigenvalue weighted by atomic mass is 16.3. The largest absolute Gasteiger partial charge is 0.508 e. The van der Waals surface area contributed by atoms with Gasteiger partial charge in [0.1, 0.15) is 11.5 Å². The fourth-order valence-corrected chi connectivity index (χ4v) is 7.06. The van der Waals surface area contributed by atoms with Gasteiger partial charge in [0.15, 0.2) is 5.78 Å². The summed E-state index contributed by atoms with van der Waals surface area (Å²) in [6.45, 7) is 9.47. The van der Waals surface area contributed by atoms with Gasteiger partial charge in [-0.3, -0.25) is 14.6 Å². The number of aromatic hydroxyl groups is 2. The molecule has 2 aromatic rings. The van der Waals surface area contributed by atoms with E-state index in [2.05, 4.69) is 38.0 Å². The van der Waals surface area contributed by atoms with Gasteiger partial charge in [-0.25, -0.2) is 0 Å². The first-order chi connectivity index (χ1) is 16.0. The Morgan fingerprint density at radius 2 is 1.79 bits per heavy atom. The first kappa shape index (κ1) is 24.2. The van der Waals surface area contributed by atoms with Gasteiger partial charge in [0, 0.05) is 36.5 Å². The third-order valence-corrected chi connectivity index (χ3v) is 8.71. The van der Waals surface area contributed by atoms with Crippen LogP contribution >= 0.6 is 0 Å². The molecule has 4 rings (SSSR count). The maximum absolute atomic E-state index is 14.0. The van der Waals surface area contributed by atoms with Crippen LogP contribution in [0.25, 0.3) is 0 Å². The average Bonchev–Trinajstić information content (AvgIpc) is 2.77. The van der Waals surface area contributed by atoms with E-state index in [-0.39, 0.29) is 51.8 Å². The number of aromatic nitrogens is 1. The fourth-order valence-electron chi connectivity index (χ4n) is 7.06. The van der Waals surface area contributed by atoms with Crippen LogP contribution in [0, 0.1) is 34.5 Å². The van der Waals surface area contributed by atoms with Crippen LogP contribution in [0.5, 0.6) is 11.5 Å². The maximum Gasteiger partial charge on any atom is 0.252 e. The molecule has 1 aromatic carbocycles. The summed E-state index contributed by atoms with van der Waals surface area (Å²) in [7, 11) is 0. The van der Waals surface area contributed by atoms with Crippen molar-refractivity contribution in [3.05, 3.63) is 53.9 Å². The van der Waals surface area contributed by atoms with Gasteiger partial charge in [-0.1, -0.05) is 34.1 Å². The molecule has 0 bridgehead atoms. The molecule has 6 nitrogen and oxygen atoms in total. The molecule has 1 heterocycles. The highest BCUT2D eigenvalue weighted by Gasteiger charge is 2.58. The molecule has 2 aliphatic carbocycles. The highest BCUT2D eigenvalue weighted by molar-refractivity contribution is 5.99. The number of benzene rings is 1. The number of rotatable bonds is 5. The molecule has 34 heavy (non-hydrogen) atoms. The zero-order valence-corrected chi connectivity index (χ0v) is 20.5. The van der Waals surface area contributed by atoms with Crippen molar-refractivity contribution in [2.24, 2.45) is 34.5 Å². The van der Waals surface area contributed by atoms with Crippen LogP contribution < -0.4 is 5.32 Å². The molecule has 5 atom stereocenters. The molecule has 0 spiro atoms. The van der Waals surface area contributed by atoms with Crippen molar-refractivity contribution in [1.29, 1.82) is 0 Å². The van der Waals surface area contributed by atoms with Crippen LogP contribution in [0.15, 0.2) is 42.7 Å². The Hall–Kier alpha value is -2.89. The van der Waals surface area contributed by atoms with Gasteiger partial charge in [0.2, 0.25) is 0 Å². The van der Waals surface area contributed by atoms with Crippen LogP contribution in [0.1, 0.15) is 74.1 Å². The smallest absolute Gasteiger partial charge is 0.252 e. The molecule has 1 amide bonds. The van der Waals surface area contributed by atoms with Gasteiger partial charge < -0.3 is 15.5 Å². The van der Waals surface area contributed by atoms with Crippen LogP contribution in [0.4, 0.5) is 0 Å². The van der Waals surface area contributed by atoms with E-state index in [1.165, 1.54) is 18.2 Å². The van der Waals surface area contributed by atoms with E-state index in [1.807, 2.05) is 0 Å². The molecular formula is C28H36N2O4. The Bertz CT molecular complexity index is 1050. The van der Waals surface area contributed by atoms with Crippen molar-refractivity contribution in [2.75, 3.05) is 6.54 Å². The summed E-state index contributed by atoms with van der Waals surface area (Å²) in [5, 5.41) is 23.1. The van der Waals surface area contributed by atoms with Gasteiger partial charge in [-0.15, -0.1) is 0 Å². The van der Waals surface area contributed by atoms with Crippen molar-refractivity contribution >= 4 is 11.7 Å². The third kappa shape index (κ3) is 4.42. The summed E-state index contributed by atoms with van der Waals surface area (Å²) in [6.07, 6.45) is 7.31. The lowest BCUT2D eigenvalue weighted by Gasteiger charge is -2.60. The molecule has 5 unspecified atom stereocenters. The number of phenols is 2. The van der Waals surface area contributed by atoms with Crippen molar-refractivity contribution in [3.63, 3.8) is 0 Å². The maximum atomic E-state index is 14.0. The minimum Gasteiger partial charge on any atom is -0.508 e. The van der Waals surface area contributed by atoms with Crippen molar-refractivity contribution in [3.8, 4) is 11.5 Å². The number of hydrogen-bond donors (Lipinski definition) is 3. The number of carbonyl (C=O) groups excluding carboxylic acids is 2. The molecule has 2 fully saturated rings. The van der Waals surface area contributed by atoms with E-state index < -0.39 is 0 Å². The topological polar surface area (TPSA) is 99.5 Å². The van der Waals surface area contributed by atoms with Gasteiger partial charge in [0.05, 0.1) is 5.56 Å². The predicted octanol–water partition coefficient (Wildman–Crippen LogP) is 5.21. The molecule has 0 radical (unpaired) electrons. The second-order valence-corrected chi connectivity index (χ2v) is 11.3. The van der Waals surface area contributed by atoms with E-state index >= 15 is 0 Å². The summed E-state index contributed by atoms with van der Waals surface area (Å²) in [4.78, 5) is 30.7. The molecule has 182 valence electrons. The molecular weight excluding hydrogens is 428 g/mol. The lowest BCUT2D eigenvalue weighted by molar-refractivity contribution is -0.101. The molecule has 2 saturated carbocycles. The lowest BCUT2D eigenvalue weighted by atomic mass is 9.44. The number of hydrogen-bond acceptors (Lipinski definition) is 5. The standard InChI is InChI=1S/C28H36N2O4/c1-17-20(16-30-26(34)18-7-5-10-29-15-18)13-23-27(2,3)8-6-9-28(23,4)24(17)25(33)19-11-21(31)14-22(32)12-19/h5,7,10-12,14-15,17,20,23-24,31-32H,6,8-9,13,16H2,1-4H3,(H,30,34). The highest BCUT2D eigenvalue weighted by Crippen LogP contribution is 2.62. The number of amides is 1. The van der Waals surface area contributed by atoms with E-state index in [0.29, 0.717) is 23.6 Å². The molecule has 0 aliphatic heterocycles. The van der Waals surface area contributed by atoms with Crippen molar-refractivity contribution < 1.29 is 19.8 Å². The van der Waals surface area contributed by atoms with Gasteiger partial charge in [-0.2, -0.15) is 0 Å². The molecule has 1 aromatic heterocycles. The fraction of sp³-hybridized carbons (Fsp3) is 0.536.